The molecule has 0 unspecified atom stereocenters. The number of aromatic nitrogens is 4. The van der Waals surface area contributed by atoms with Gasteiger partial charge in [-0.1, -0.05) is 12.8 Å². The van der Waals surface area contributed by atoms with Crippen molar-refractivity contribution in [3.05, 3.63) is 30.1 Å². The predicted molar refractivity (Wildman–Crippen MR) is 158 cm³/mol. The summed E-state index contributed by atoms with van der Waals surface area (Å²) in [7, 11) is 3.41. The van der Waals surface area contributed by atoms with Gasteiger partial charge in [-0.3, -0.25) is 0 Å². The molecule has 3 aromatic rings. The van der Waals surface area contributed by atoms with Gasteiger partial charge >= 0.3 is 0 Å². The van der Waals surface area contributed by atoms with E-state index in [-0.39, 0.29) is 0 Å². The monoisotopic (exact) mass is 548 g/mol. The minimum Gasteiger partial charge on any atom is -0.497 e. The van der Waals surface area contributed by atoms with Crippen LogP contribution in [0.1, 0.15) is 75.8 Å². The molecule has 0 spiro atoms. The highest BCUT2D eigenvalue weighted by molar-refractivity contribution is 5.84. The zero-order chi connectivity index (χ0) is 27.5. The Hall–Kier alpha value is -3.11. The first-order chi connectivity index (χ1) is 19.6. The van der Waals surface area contributed by atoms with Crippen molar-refractivity contribution in [1.82, 2.24) is 24.5 Å². The second-order valence-corrected chi connectivity index (χ2v) is 11.9. The van der Waals surface area contributed by atoms with E-state index in [0.717, 1.165) is 86.5 Å². The normalized spacial score (nSPS) is 23.0. The lowest BCUT2D eigenvalue weighted by molar-refractivity contribution is 0.216. The molecule has 1 aliphatic heterocycles. The van der Waals surface area contributed by atoms with Crippen LogP contribution < -0.4 is 25.9 Å². The van der Waals surface area contributed by atoms with Crippen molar-refractivity contribution >= 4 is 22.9 Å². The summed E-state index contributed by atoms with van der Waals surface area (Å²) >= 11 is 0. The molecule has 0 radical (unpaired) electrons. The Kier molecular flexibility index (Phi) is 8.25. The van der Waals surface area contributed by atoms with Gasteiger partial charge < -0.3 is 30.5 Å². The number of piperidine rings is 1. The number of ether oxygens (including phenoxy) is 2. The van der Waals surface area contributed by atoms with Crippen LogP contribution in [0.5, 0.6) is 11.5 Å². The molecule has 3 heterocycles. The number of benzene rings is 1. The molecule has 40 heavy (non-hydrogen) atoms. The highest BCUT2D eigenvalue weighted by Gasteiger charge is 2.26. The van der Waals surface area contributed by atoms with Gasteiger partial charge in [0.1, 0.15) is 11.5 Å². The average Bonchev–Trinajstić information content (AvgIpc) is 3.65. The van der Waals surface area contributed by atoms with E-state index in [1.807, 2.05) is 12.4 Å². The molecule has 0 bridgehead atoms. The Balaban J connectivity index is 1.16. The van der Waals surface area contributed by atoms with Crippen LogP contribution in [0.3, 0.4) is 0 Å². The minimum absolute atomic E-state index is 0.316. The summed E-state index contributed by atoms with van der Waals surface area (Å²) in [5.74, 6) is 3.79. The van der Waals surface area contributed by atoms with Crippen molar-refractivity contribution in [1.29, 1.82) is 0 Å². The van der Waals surface area contributed by atoms with Gasteiger partial charge in [-0.2, -0.15) is 9.97 Å². The number of rotatable bonds is 9. The van der Waals surface area contributed by atoms with Gasteiger partial charge in [-0.05, 0) is 81.4 Å². The highest BCUT2D eigenvalue weighted by atomic mass is 16.5. The van der Waals surface area contributed by atoms with E-state index in [1.165, 1.54) is 31.2 Å². The van der Waals surface area contributed by atoms with E-state index in [9.17, 15) is 0 Å². The Morgan fingerprint density at radius 2 is 1.60 bits per heavy atom. The predicted octanol–water partition coefficient (Wildman–Crippen LogP) is 4.92. The maximum Gasteiger partial charge on any atom is 0.227 e. The van der Waals surface area contributed by atoms with Gasteiger partial charge in [-0.25, -0.2) is 9.99 Å². The first-order valence-corrected chi connectivity index (χ1v) is 15.1. The second-order valence-electron chi connectivity index (χ2n) is 11.9. The standard InChI is InChI=1S/C30H44N8O2/c1-39-25-16-21(17-26(18-25)40-2)15-20-11-13-37(14-12-20)36-28-27-29(38(19-32-27)24-5-3-4-6-24)35-30(34-28)33-23-9-7-22(31)8-10-23/h16-20,22-24H,3-15,31H2,1-2H3,(H2,33,34,35,36). The molecule has 1 saturated heterocycles. The smallest absolute Gasteiger partial charge is 0.227 e. The number of nitrogens with one attached hydrogen (secondary N) is 2. The van der Waals surface area contributed by atoms with Crippen LogP contribution in [0.2, 0.25) is 0 Å². The fraction of sp³-hybridized carbons (Fsp3) is 0.633. The summed E-state index contributed by atoms with van der Waals surface area (Å²) in [6, 6.07) is 7.33. The number of fused-ring (bicyclic) bond motifs is 1. The molecule has 2 aliphatic carbocycles. The molecule has 10 heteroatoms. The van der Waals surface area contributed by atoms with Crippen LogP contribution in [0.4, 0.5) is 11.8 Å². The quantitative estimate of drug-likeness (QED) is 0.343. The molecule has 0 atom stereocenters. The third kappa shape index (κ3) is 6.12. The molecule has 3 fully saturated rings. The van der Waals surface area contributed by atoms with Crippen molar-refractivity contribution in [2.75, 3.05) is 38.1 Å². The number of hydrazine groups is 1. The van der Waals surface area contributed by atoms with Crippen LogP contribution in [0, 0.1) is 5.92 Å². The third-order valence-corrected chi connectivity index (χ3v) is 9.06. The Labute approximate surface area is 237 Å². The van der Waals surface area contributed by atoms with E-state index in [4.69, 9.17) is 30.2 Å². The Morgan fingerprint density at radius 3 is 2.27 bits per heavy atom. The molecule has 216 valence electrons. The molecule has 0 amide bonds. The molecule has 4 N–H and O–H groups in total. The fourth-order valence-electron chi connectivity index (χ4n) is 6.67. The van der Waals surface area contributed by atoms with Crippen molar-refractivity contribution in [2.45, 2.75) is 88.8 Å². The topological polar surface area (TPSA) is 115 Å². The molecule has 1 aromatic carbocycles. The fourth-order valence-corrected chi connectivity index (χ4v) is 6.67. The zero-order valence-electron chi connectivity index (χ0n) is 23.9. The average molecular weight is 549 g/mol. The third-order valence-electron chi connectivity index (χ3n) is 9.06. The van der Waals surface area contributed by atoms with Gasteiger partial charge in [0.05, 0.1) is 20.5 Å². The van der Waals surface area contributed by atoms with Crippen molar-refractivity contribution < 1.29 is 9.47 Å². The van der Waals surface area contributed by atoms with Crippen LogP contribution in [-0.4, -0.2) is 63.9 Å². The summed E-state index contributed by atoms with van der Waals surface area (Å²) in [5.41, 5.74) is 12.8. The largest absolute Gasteiger partial charge is 0.497 e. The summed E-state index contributed by atoms with van der Waals surface area (Å²) in [5, 5.41) is 5.93. The molecular formula is C30H44N8O2. The molecule has 2 saturated carbocycles. The SMILES string of the molecule is COc1cc(CC2CCN(Nc3nc(NC4CCC(N)CC4)nc4c3ncn4C3CCCC3)CC2)cc(OC)c1. The maximum absolute atomic E-state index is 6.15. The summed E-state index contributed by atoms with van der Waals surface area (Å²) in [6.45, 7) is 1.90. The lowest BCUT2D eigenvalue weighted by atomic mass is 9.90. The molecular weight excluding hydrogens is 504 g/mol. The first kappa shape index (κ1) is 27.1. The van der Waals surface area contributed by atoms with Crippen molar-refractivity contribution in [2.24, 2.45) is 11.7 Å². The maximum atomic E-state index is 6.15. The number of hydrogen-bond acceptors (Lipinski definition) is 9. The molecule has 6 rings (SSSR count). The number of hydrogen-bond donors (Lipinski definition) is 3. The number of nitrogens with two attached hydrogens (primary N) is 1. The van der Waals surface area contributed by atoms with Crippen molar-refractivity contribution in [3.63, 3.8) is 0 Å². The Bertz CT molecular complexity index is 1250. The van der Waals surface area contributed by atoms with Crippen LogP contribution >= 0.6 is 0 Å². The van der Waals surface area contributed by atoms with Crippen LogP contribution in [0.25, 0.3) is 11.2 Å². The summed E-state index contributed by atoms with van der Waals surface area (Å²) in [6.07, 6.45) is 14.3. The van der Waals surface area contributed by atoms with E-state index in [0.29, 0.717) is 30.0 Å². The van der Waals surface area contributed by atoms with E-state index < -0.39 is 0 Å². The lowest BCUT2D eigenvalue weighted by Gasteiger charge is -2.32. The van der Waals surface area contributed by atoms with Gasteiger partial charge in [-0.15, -0.1) is 0 Å². The molecule has 3 aliphatic rings. The summed E-state index contributed by atoms with van der Waals surface area (Å²) < 4.78 is 13.2. The number of anilines is 2. The minimum atomic E-state index is 0.316. The lowest BCUT2D eigenvalue weighted by Crippen LogP contribution is -2.39. The highest BCUT2D eigenvalue weighted by Crippen LogP contribution is 2.34. The molecule has 10 nitrogen and oxygen atoms in total. The van der Waals surface area contributed by atoms with Gasteiger partial charge in [0.25, 0.3) is 0 Å². The van der Waals surface area contributed by atoms with E-state index >= 15 is 0 Å². The van der Waals surface area contributed by atoms with Gasteiger partial charge in [0.2, 0.25) is 5.95 Å². The van der Waals surface area contributed by atoms with Gasteiger partial charge in [0.15, 0.2) is 17.0 Å². The number of nitrogens with zero attached hydrogens (tertiary/aromatic N) is 5. The van der Waals surface area contributed by atoms with E-state index in [2.05, 4.69) is 32.5 Å². The van der Waals surface area contributed by atoms with Crippen LogP contribution in [-0.2, 0) is 6.42 Å². The zero-order valence-corrected chi connectivity index (χ0v) is 23.9. The first-order valence-electron chi connectivity index (χ1n) is 15.1. The van der Waals surface area contributed by atoms with E-state index in [1.54, 1.807) is 14.2 Å². The summed E-state index contributed by atoms with van der Waals surface area (Å²) in [4.78, 5) is 14.8. The second kappa shape index (κ2) is 12.2. The van der Waals surface area contributed by atoms with Crippen molar-refractivity contribution in [3.8, 4) is 11.5 Å². The Morgan fingerprint density at radius 1 is 0.900 bits per heavy atom. The number of methoxy groups -OCH3 is 2. The number of imidazole rings is 1. The van der Waals surface area contributed by atoms with Gasteiger partial charge in [0, 0.05) is 37.3 Å². The van der Waals surface area contributed by atoms with Crippen LogP contribution in [0.15, 0.2) is 24.5 Å². The molecule has 2 aromatic heterocycles.